The first kappa shape index (κ1) is 24.5. The first-order chi connectivity index (χ1) is 15.9. The van der Waals surface area contributed by atoms with Crippen LogP contribution >= 0.6 is 0 Å². The van der Waals surface area contributed by atoms with Crippen LogP contribution < -0.4 is 4.74 Å². The number of hydrogen-bond donors (Lipinski definition) is 1. The second-order valence-electron chi connectivity index (χ2n) is 8.43. The minimum absolute atomic E-state index is 0.0985. The van der Waals surface area contributed by atoms with E-state index in [9.17, 15) is 14.7 Å². The molecule has 6 nitrogen and oxygen atoms in total. The summed E-state index contributed by atoms with van der Waals surface area (Å²) in [5.41, 5.74) is 3.17. The van der Waals surface area contributed by atoms with Crippen molar-refractivity contribution < 1.29 is 24.2 Å². The SMILES string of the molecule is CCCCCOc1ccc(C2C(=C(O)c3cc(C)ccc3C)C(=O)C(=O)N2CCOC)cc1. The van der Waals surface area contributed by atoms with Crippen LogP contribution in [0, 0.1) is 13.8 Å². The normalized spacial score (nSPS) is 17.6. The molecule has 1 aliphatic rings. The highest BCUT2D eigenvalue weighted by atomic mass is 16.5. The molecule has 33 heavy (non-hydrogen) atoms. The van der Waals surface area contributed by atoms with E-state index in [2.05, 4.69) is 6.92 Å². The lowest BCUT2D eigenvalue weighted by Crippen LogP contribution is -2.32. The first-order valence-corrected chi connectivity index (χ1v) is 11.5. The molecule has 1 saturated heterocycles. The number of benzene rings is 2. The van der Waals surface area contributed by atoms with Crippen LogP contribution in [0.5, 0.6) is 5.75 Å². The number of ketones is 1. The van der Waals surface area contributed by atoms with Gasteiger partial charge in [-0.2, -0.15) is 0 Å². The third-order valence-corrected chi connectivity index (χ3v) is 5.94. The number of carbonyl (C=O) groups excluding carboxylic acids is 2. The molecule has 2 aromatic carbocycles. The lowest BCUT2D eigenvalue weighted by Gasteiger charge is -2.25. The number of Topliss-reactive ketones (excluding diaryl/α,β-unsaturated/α-hetero) is 1. The molecule has 0 aromatic heterocycles. The summed E-state index contributed by atoms with van der Waals surface area (Å²) in [7, 11) is 1.55. The molecular weight excluding hydrogens is 418 g/mol. The van der Waals surface area contributed by atoms with Crippen LogP contribution in [0.2, 0.25) is 0 Å². The summed E-state index contributed by atoms with van der Waals surface area (Å²) < 4.78 is 11.0. The van der Waals surface area contributed by atoms with Gasteiger partial charge >= 0.3 is 0 Å². The Balaban J connectivity index is 2.02. The van der Waals surface area contributed by atoms with E-state index < -0.39 is 17.7 Å². The number of methoxy groups -OCH3 is 1. The van der Waals surface area contributed by atoms with Crippen LogP contribution in [-0.2, 0) is 14.3 Å². The summed E-state index contributed by atoms with van der Waals surface area (Å²) in [6.07, 6.45) is 3.23. The molecule has 0 bridgehead atoms. The van der Waals surface area contributed by atoms with Gasteiger partial charge in [-0.3, -0.25) is 9.59 Å². The van der Waals surface area contributed by atoms with Crippen molar-refractivity contribution >= 4 is 17.4 Å². The second kappa shape index (κ2) is 11.1. The summed E-state index contributed by atoms with van der Waals surface area (Å²) >= 11 is 0. The predicted octanol–water partition coefficient (Wildman–Crippen LogP) is 4.94. The zero-order valence-electron chi connectivity index (χ0n) is 19.9. The average Bonchev–Trinajstić information content (AvgIpc) is 3.06. The van der Waals surface area contributed by atoms with Crippen LogP contribution in [0.25, 0.3) is 5.76 Å². The van der Waals surface area contributed by atoms with E-state index in [1.807, 2.05) is 56.3 Å². The molecule has 1 unspecified atom stereocenters. The standard InChI is InChI=1S/C27H33NO5/c1-5-6-7-15-33-21-12-10-20(11-13-21)24-23(26(30)27(31)28(24)14-16-32-4)25(29)22-17-18(2)8-9-19(22)3/h8-13,17,24,29H,5-7,14-16H2,1-4H3. The Kier molecular flexibility index (Phi) is 8.28. The number of aliphatic hydroxyl groups excluding tert-OH is 1. The van der Waals surface area contributed by atoms with Gasteiger partial charge in [0.2, 0.25) is 0 Å². The molecule has 0 saturated carbocycles. The Hall–Kier alpha value is -3.12. The van der Waals surface area contributed by atoms with Gasteiger partial charge in [0.05, 0.1) is 24.8 Å². The van der Waals surface area contributed by atoms with Gasteiger partial charge < -0.3 is 19.5 Å². The fourth-order valence-electron chi connectivity index (χ4n) is 4.07. The monoisotopic (exact) mass is 451 g/mol. The maximum atomic E-state index is 13.1. The van der Waals surface area contributed by atoms with Crippen molar-refractivity contribution in [2.45, 2.75) is 46.1 Å². The predicted molar refractivity (Wildman–Crippen MR) is 128 cm³/mol. The molecule has 2 aromatic rings. The molecular formula is C27H33NO5. The molecule has 0 spiro atoms. The topological polar surface area (TPSA) is 76.1 Å². The lowest BCUT2D eigenvalue weighted by atomic mass is 9.93. The van der Waals surface area contributed by atoms with Crippen LogP contribution in [0.1, 0.15) is 54.5 Å². The Labute approximate surface area is 195 Å². The molecule has 1 heterocycles. The highest BCUT2D eigenvalue weighted by Gasteiger charge is 2.46. The van der Waals surface area contributed by atoms with Gasteiger partial charge in [0.1, 0.15) is 11.5 Å². The third kappa shape index (κ3) is 5.45. The average molecular weight is 452 g/mol. The second-order valence-corrected chi connectivity index (χ2v) is 8.43. The van der Waals surface area contributed by atoms with Crippen LogP contribution in [0.15, 0.2) is 48.0 Å². The number of nitrogens with zero attached hydrogens (tertiary/aromatic N) is 1. The number of carbonyl (C=O) groups is 2. The number of rotatable bonds is 10. The number of ether oxygens (including phenoxy) is 2. The fourth-order valence-corrected chi connectivity index (χ4v) is 4.07. The van der Waals surface area contributed by atoms with Gasteiger partial charge in [0.25, 0.3) is 11.7 Å². The number of amides is 1. The van der Waals surface area contributed by atoms with E-state index >= 15 is 0 Å². The molecule has 0 radical (unpaired) electrons. The minimum atomic E-state index is -0.700. The van der Waals surface area contributed by atoms with E-state index in [-0.39, 0.29) is 24.5 Å². The maximum absolute atomic E-state index is 13.1. The fraction of sp³-hybridized carbons (Fsp3) is 0.407. The Morgan fingerprint density at radius 1 is 1.03 bits per heavy atom. The number of aliphatic hydroxyl groups is 1. The largest absolute Gasteiger partial charge is 0.507 e. The van der Waals surface area contributed by atoms with Gasteiger partial charge in [-0.1, -0.05) is 49.6 Å². The van der Waals surface area contributed by atoms with E-state index in [1.54, 1.807) is 7.11 Å². The molecule has 1 atom stereocenters. The number of unbranched alkanes of at least 4 members (excludes halogenated alkanes) is 2. The van der Waals surface area contributed by atoms with Gasteiger partial charge in [-0.15, -0.1) is 0 Å². The van der Waals surface area contributed by atoms with Gasteiger partial charge in [0.15, 0.2) is 0 Å². The first-order valence-electron chi connectivity index (χ1n) is 11.5. The zero-order chi connectivity index (χ0) is 24.0. The van der Waals surface area contributed by atoms with Crippen molar-refractivity contribution in [1.82, 2.24) is 4.90 Å². The van der Waals surface area contributed by atoms with Crippen molar-refractivity contribution in [2.75, 3.05) is 26.9 Å². The Morgan fingerprint density at radius 3 is 2.42 bits per heavy atom. The molecule has 1 N–H and O–H groups in total. The van der Waals surface area contributed by atoms with Gasteiger partial charge in [-0.05, 0) is 49.6 Å². The molecule has 1 amide bonds. The van der Waals surface area contributed by atoms with Crippen LogP contribution in [-0.4, -0.2) is 48.6 Å². The Bertz CT molecular complexity index is 1030. The summed E-state index contributed by atoms with van der Waals surface area (Å²) in [5.74, 6) is -0.740. The molecule has 0 aliphatic carbocycles. The third-order valence-electron chi connectivity index (χ3n) is 5.94. The smallest absolute Gasteiger partial charge is 0.295 e. The molecule has 176 valence electrons. The quantitative estimate of drug-likeness (QED) is 0.240. The van der Waals surface area contributed by atoms with Crippen molar-refractivity contribution in [2.24, 2.45) is 0 Å². The summed E-state index contributed by atoms with van der Waals surface area (Å²) in [6.45, 7) is 7.11. The van der Waals surface area contributed by atoms with E-state index in [4.69, 9.17) is 9.47 Å². The van der Waals surface area contributed by atoms with Crippen molar-refractivity contribution in [1.29, 1.82) is 0 Å². The van der Waals surface area contributed by atoms with Crippen molar-refractivity contribution in [3.63, 3.8) is 0 Å². The zero-order valence-corrected chi connectivity index (χ0v) is 19.9. The van der Waals surface area contributed by atoms with Crippen molar-refractivity contribution in [3.05, 3.63) is 70.3 Å². The summed E-state index contributed by atoms with van der Waals surface area (Å²) in [6, 6.07) is 12.4. The lowest BCUT2D eigenvalue weighted by molar-refractivity contribution is -0.140. The Morgan fingerprint density at radius 2 is 1.76 bits per heavy atom. The summed E-state index contributed by atoms with van der Waals surface area (Å²) in [4.78, 5) is 27.5. The molecule has 3 rings (SSSR count). The number of aryl methyl sites for hydroxylation is 2. The summed E-state index contributed by atoms with van der Waals surface area (Å²) in [5, 5.41) is 11.2. The molecule has 1 aliphatic heterocycles. The van der Waals surface area contributed by atoms with E-state index in [0.717, 1.165) is 41.7 Å². The van der Waals surface area contributed by atoms with Crippen molar-refractivity contribution in [3.8, 4) is 5.75 Å². The minimum Gasteiger partial charge on any atom is -0.507 e. The number of likely N-dealkylation sites (tertiary alicyclic amines) is 1. The highest BCUT2D eigenvalue weighted by Crippen LogP contribution is 2.40. The molecule has 6 heteroatoms. The van der Waals surface area contributed by atoms with Crippen LogP contribution in [0.4, 0.5) is 0 Å². The van der Waals surface area contributed by atoms with Gasteiger partial charge in [-0.25, -0.2) is 0 Å². The van der Waals surface area contributed by atoms with E-state index in [0.29, 0.717) is 12.2 Å². The van der Waals surface area contributed by atoms with Gasteiger partial charge in [0, 0.05) is 19.2 Å². The van der Waals surface area contributed by atoms with Crippen LogP contribution in [0.3, 0.4) is 0 Å². The number of hydrogen-bond acceptors (Lipinski definition) is 5. The van der Waals surface area contributed by atoms with E-state index in [1.165, 1.54) is 4.90 Å². The highest BCUT2D eigenvalue weighted by molar-refractivity contribution is 6.46. The maximum Gasteiger partial charge on any atom is 0.295 e. The molecule has 1 fully saturated rings.